The zero-order valence-electron chi connectivity index (χ0n) is 32.6. The summed E-state index contributed by atoms with van der Waals surface area (Å²) in [7, 11) is 0. The molecule has 0 unspecified atom stereocenters. The van der Waals surface area contributed by atoms with Crippen LogP contribution in [-0.4, -0.2) is 0 Å². The van der Waals surface area contributed by atoms with Gasteiger partial charge in [-0.25, -0.2) is 8.78 Å². The standard InChI is InChI=1S/C26H28FN.C25H26FN/c1-2-3-4-5-20-8-13-23(14-9-20)24-15-10-21(11-16-24)6-7-22-12-17-25(19-28)26(27)18-22;1-2-3-4-19-7-12-22(13-8-19)23-14-9-20(10-15-23)5-6-21-11-16-24(18-27)25(26)17-21/h10-12,15-18,20,23H,2-5,8-9,13-14H2,1H3;9-11,14-17,19,22H,2-4,7-8,12-13H2,1H3/t20-,23-;19-,22-. The third kappa shape index (κ3) is 12.7. The Morgan fingerprint density at radius 2 is 0.836 bits per heavy atom. The van der Waals surface area contributed by atoms with E-state index in [1.807, 2.05) is 12.1 Å². The minimum Gasteiger partial charge on any atom is -0.206 e. The Kier molecular flexibility index (Phi) is 16.2. The summed E-state index contributed by atoms with van der Waals surface area (Å²) in [6.45, 7) is 4.54. The molecular weight excluding hydrogens is 679 g/mol. The van der Waals surface area contributed by atoms with Crippen LogP contribution in [0.5, 0.6) is 0 Å². The van der Waals surface area contributed by atoms with Gasteiger partial charge in [0.25, 0.3) is 0 Å². The van der Waals surface area contributed by atoms with E-state index in [1.54, 1.807) is 12.1 Å². The first-order valence-electron chi connectivity index (χ1n) is 20.5. The summed E-state index contributed by atoms with van der Waals surface area (Å²) in [5, 5.41) is 17.6. The van der Waals surface area contributed by atoms with Gasteiger partial charge in [-0.1, -0.05) is 107 Å². The van der Waals surface area contributed by atoms with Crippen LogP contribution in [0.15, 0.2) is 84.9 Å². The largest absolute Gasteiger partial charge is 0.206 e. The van der Waals surface area contributed by atoms with Crippen LogP contribution in [-0.2, 0) is 0 Å². The van der Waals surface area contributed by atoms with Crippen LogP contribution in [0.1, 0.15) is 167 Å². The van der Waals surface area contributed by atoms with E-state index in [0.29, 0.717) is 23.0 Å². The molecule has 0 saturated heterocycles. The molecule has 2 nitrogen and oxygen atoms in total. The minimum absolute atomic E-state index is 0.0503. The molecule has 282 valence electrons. The molecule has 0 heterocycles. The molecule has 2 aliphatic rings. The number of rotatable bonds is 9. The van der Waals surface area contributed by atoms with Crippen LogP contribution in [0, 0.1) is 69.8 Å². The number of hydrogen-bond acceptors (Lipinski definition) is 2. The van der Waals surface area contributed by atoms with E-state index < -0.39 is 11.6 Å². The van der Waals surface area contributed by atoms with Gasteiger partial charge in [-0.2, -0.15) is 10.5 Å². The van der Waals surface area contributed by atoms with E-state index in [0.717, 1.165) is 23.0 Å². The number of hydrogen-bond donors (Lipinski definition) is 0. The lowest BCUT2D eigenvalue weighted by Crippen LogP contribution is -2.13. The lowest BCUT2D eigenvalue weighted by atomic mass is 9.77. The molecule has 4 aromatic carbocycles. The molecular formula is C51H54F2N2. The molecule has 6 rings (SSSR count). The molecule has 2 fully saturated rings. The van der Waals surface area contributed by atoms with Crippen molar-refractivity contribution < 1.29 is 8.78 Å². The Hall–Kier alpha value is -5.16. The molecule has 0 amide bonds. The highest BCUT2D eigenvalue weighted by Crippen LogP contribution is 2.39. The lowest BCUT2D eigenvalue weighted by Gasteiger charge is -2.29. The van der Waals surface area contributed by atoms with Crippen molar-refractivity contribution in [2.24, 2.45) is 11.8 Å². The lowest BCUT2D eigenvalue weighted by molar-refractivity contribution is 0.303. The van der Waals surface area contributed by atoms with Gasteiger partial charge < -0.3 is 0 Å². The number of unbranched alkanes of at least 4 members (excludes halogenated alkanes) is 3. The van der Waals surface area contributed by atoms with Crippen molar-refractivity contribution in [3.8, 4) is 35.8 Å². The van der Waals surface area contributed by atoms with E-state index in [2.05, 4.69) is 86.1 Å². The Labute approximate surface area is 329 Å². The summed E-state index contributed by atoms with van der Waals surface area (Å²) in [4.78, 5) is 0. The van der Waals surface area contributed by atoms with E-state index in [-0.39, 0.29) is 11.1 Å². The first-order chi connectivity index (χ1) is 26.9. The highest BCUT2D eigenvalue weighted by atomic mass is 19.1. The zero-order valence-corrected chi connectivity index (χ0v) is 32.6. The molecule has 2 saturated carbocycles. The van der Waals surface area contributed by atoms with E-state index in [1.165, 1.54) is 132 Å². The van der Waals surface area contributed by atoms with Gasteiger partial charge in [0.05, 0.1) is 11.1 Å². The summed E-state index contributed by atoms with van der Waals surface area (Å²) >= 11 is 0. The van der Waals surface area contributed by atoms with Crippen LogP contribution >= 0.6 is 0 Å². The molecule has 2 aliphatic carbocycles. The molecule has 0 atom stereocenters. The Balaban J connectivity index is 0.000000211. The Morgan fingerprint density at radius 3 is 1.20 bits per heavy atom. The summed E-state index contributed by atoms with van der Waals surface area (Å²) in [6, 6.07) is 29.6. The normalized spacial score (nSPS) is 18.9. The number of benzene rings is 4. The third-order valence-electron chi connectivity index (χ3n) is 11.5. The van der Waals surface area contributed by atoms with Crippen molar-refractivity contribution in [1.82, 2.24) is 0 Å². The van der Waals surface area contributed by atoms with Crippen molar-refractivity contribution in [3.05, 3.63) is 141 Å². The van der Waals surface area contributed by atoms with Crippen molar-refractivity contribution in [2.75, 3.05) is 0 Å². The highest BCUT2D eigenvalue weighted by Gasteiger charge is 2.23. The average Bonchev–Trinajstić information content (AvgIpc) is 3.23. The number of halogens is 2. The van der Waals surface area contributed by atoms with Crippen LogP contribution < -0.4 is 0 Å². The maximum atomic E-state index is 13.7. The number of nitriles is 2. The van der Waals surface area contributed by atoms with E-state index >= 15 is 0 Å². The Morgan fingerprint density at radius 1 is 0.473 bits per heavy atom. The summed E-state index contributed by atoms with van der Waals surface area (Å²) in [5.41, 5.74) is 5.97. The summed E-state index contributed by atoms with van der Waals surface area (Å²) in [6.07, 6.45) is 20.2. The second-order valence-electron chi connectivity index (χ2n) is 15.4. The van der Waals surface area contributed by atoms with Gasteiger partial charge in [-0.05, 0) is 147 Å². The van der Waals surface area contributed by atoms with Crippen LogP contribution in [0.2, 0.25) is 0 Å². The second kappa shape index (κ2) is 21.7. The molecule has 55 heavy (non-hydrogen) atoms. The van der Waals surface area contributed by atoms with Crippen molar-refractivity contribution in [3.63, 3.8) is 0 Å². The molecule has 4 heteroatoms. The fourth-order valence-corrected chi connectivity index (χ4v) is 8.08. The second-order valence-corrected chi connectivity index (χ2v) is 15.4. The molecule has 0 aliphatic heterocycles. The Bertz CT molecular complexity index is 2030. The monoisotopic (exact) mass is 732 g/mol. The van der Waals surface area contributed by atoms with E-state index in [4.69, 9.17) is 10.5 Å². The van der Waals surface area contributed by atoms with Crippen molar-refractivity contribution >= 4 is 0 Å². The summed E-state index contributed by atoms with van der Waals surface area (Å²) in [5.74, 6) is 14.3. The molecule has 0 N–H and O–H groups in total. The fraction of sp³-hybridized carbons (Fsp3) is 0.412. The van der Waals surface area contributed by atoms with Crippen molar-refractivity contribution in [2.45, 2.75) is 122 Å². The minimum atomic E-state index is -0.519. The van der Waals surface area contributed by atoms with Gasteiger partial charge >= 0.3 is 0 Å². The zero-order chi connectivity index (χ0) is 38.8. The van der Waals surface area contributed by atoms with Gasteiger partial charge in [-0.3, -0.25) is 0 Å². The van der Waals surface area contributed by atoms with Crippen molar-refractivity contribution in [1.29, 1.82) is 10.5 Å². The van der Waals surface area contributed by atoms with Crippen LogP contribution in [0.25, 0.3) is 0 Å². The molecule has 0 spiro atoms. The third-order valence-corrected chi connectivity index (χ3v) is 11.5. The predicted molar refractivity (Wildman–Crippen MR) is 220 cm³/mol. The fourth-order valence-electron chi connectivity index (χ4n) is 8.08. The van der Waals surface area contributed by atoms with E-state index in [9.17, 15) is 8.78 Å². The molecule has 0 bridgehead atoms. The summed E-state index contributed by atoms with van der Waals surface area (Å²) < 4.78 is 27.3. The first kappa shape index (κ1) is 41.0. The SMILES string of the molecule is CCCCC[C@H]1CC[C@H](c2ccc(C#Cc3ccc(C#N)c(F)c3)cc2)CC1.CCCC[C@H]1CC[C@H](c2ccc(C#Cc3ccc(C#N)c(F)c3)cc2)CC1. The van der Waals surface area contributed by atoms with Gasteiger partial charge in [0.15, 0.2) is 0 Å². The predicted octanol–water partition coefficient (Wildman–Crippen LogP) is 13.5. The molecule has 0 radical (unpaired) electrons. The molecule has 4 aromatic rings. The van der Waals surface area contributed by atoms with Gasteiger partial charge in [0, 0.05) is 22.3 Å². The van der Waals surface area contributed by atoms with Gasteiger partial charge in [0.2, 0.25) is 0 Å². The average molecular weight is 733 g/mol. The van der Waals surface area contributed by atoms with Crippen LogP contribution in [0.3, 0.4) is 0 Å². The highest BCUT2D eigenvalue weighted by molar-refractivity contribution is 5.47. The maximum absolute atomic E-state index is 13.7. The van der Waals surface area contributed by atoms with Gasteiger partial charge in [-0.15, -0.1) is 0 Å². The molecule has 0 aromatic heterocycles. The quantitative estimate of drug-likeness (QED) is 0.127. The maximum Gasteiger partial charge on any atom is 0.142 e. The topological polar surface area (TPSA) is 47.6 Å². The smallest absolute Gasteiger partial charge is 0.142 e. The number of nitrogens with zero attached hydrogens (tertiary/aromatic N) is 2. The van der Waals surface area contributed by atoms with Crippen LogP contribution in [0.4, 0.5) is 8.78 Å². The van der Waals surface area contributed by atoms with Gasteiger partial charge in [0.1, 0.15) is 23.8 Å². The first-order valence-corrected chi connectivity index (χ1v) is 20.5.